The van der Waals surface area contributed by atoms with Crippen molar-refractivity contribution in [2.75, 3.05) is 6.61 Å². The van der Waals surface area contributed by atoms with E-state index in [1.54, 1.807) is 0 Å². The molecule has 82 valence electrons. The minimum absolute atomic E-state index is 0.317. The smallest absolute Gasteiger partial charge is 0.122 e. The molecule has 1 aliphatic heterocycles. The van der Waals surface area contributed by atoms with Gasteiger partial charge < -0.3 is 4.74 Å². The van der Waals surface area contributed by atoms with Crippen LogP contribution in [0.1, 0.15) is 37.7 Å². The van der Waals surface area contributed by atoms with Gasteiger partial charge in [-0.3, -0.25) is 0 Å². The number of rotatable bonds is 4. The van der Waals surface area contributed by atoms with Crippen LogP contribution in [0.3, 0.4) is 0 Å². The maximum atomic E-state index is 6.13. The maximum Gasteiger partial charge on any atom is 0.122 e. The van der Waals surface area contributed by atoms with Crippen molar-refractivity contribution in [3.63, 3.8) is 0 Å². The standard InChI is InChI=1S/C13H17ClO/c1-2-11(14)8-7-10-9-15-13-6-4-3-5-12(10)13/h3-6,10-11H,2,7-9H2,1H3. The SMILES string of the molecule is CCC(Cl)CCC1COc2ccccc21. The molecule has 15 heavy (non-hydrogen) atoms. The highest BCUT2D eigenvalue weighted by Gasteiger charge is 2.23. The Morgan fingerprint density at radius 3 is 3.07 bits per heavy atom. The molecule has 0 radical (unpaired) electrons. The molecule has 0 fully saturated rings. The van der Waals surface area contributed by atoms with Gasteiger partial charge in [-0.1, -0.05) is 25.1 Å². The van der Waals surface area contributed by atoms with Gasteiger partial charge in [-0.15, -0.1) is 11.6 Å². The molecule has 2 unspecified atom stereocenters. The molecule has 0 amide bonds. The molecule has 0 bridgehead atoms. The largest absolute Gasteiger partial charge is 0.493 e. The van der Waals surface area contributed by atoms with Crippen molar-refractivity contribution in [2.24, 2.45) is 0 Å². The van der Waals surface area contributed by atoms with E-state index in [0.717, 1.165) is 31.6 Å². The number of benzene rings is 1. The summed E-state index contributed by atoms with van der Waals surface area (Å²) in [6.07, 6.45) is 3.27. The fraction of sp³-hybridized carbons (Fsp3) is 0.538. The molecule has 1 heterocycles. The minimum Gasteiger partial charge on any atom is -0.493 e. The van der Waals surface area contributed by atoms with E-state index in [0.29, 0.717) is 11.3 Å². The van der Waals surface area contributed by atoms with Crippen LogP contribution in [0, 0.1) is 0 Å². The number of hydrogen-bond acceptors (Lipinski definition) is 1. The van der Waals surface area contributed by atoms with Crippen LogP contribution in [0.25, 0.3) is 0 Å². The lowest BCUT2D eigenvalue weighted by Gasteiger charge is -2.10. The van der Waals surface area contributed by atoms with Crippen LogP contribution in [0.2, 0.25) is 0 Å². The number of fused-ring (bicyclic) bond motifs is 1. The van der Waals surface area contributed by atoms with E-state index >= 15 is 0 Å². The first-order chi connectivity index (χ1) is 7.31. The Bertz CT molecular complexity index is 324. The van der Waals surface area contributed by atoms with Crippen molar-refractivity contribution in [1.29, 1.82) is 0 Å². The molecule has 1 aliphatic rings. The molecule has 2 atom stereocenters. The maximum absolute atomic E-state index is 6.13. The van der Waals surface area contributed by atoms with Gasteiger partial charge in [0.15, 0.2) is 0 Å². The Balaban J connectivity index is 1.96. The lowest BCUT2D eigenvalue weighted by Crippen LogP contribution is -2.04. The van der Waals surface area contributed by atoms with Gasteiger partial charge in [0, 0.05) is 16.9 Å². The Labute approximate surface area is 96.4 Å². The molecule has 1 nitrogen and oxygen atoms in total. The van der Waals surface area contributed by atoms with E-state index in [1.807, 2.05) is 12.1 Å². The lowest BCUT2D eigenvalue weighted by atomic mass is 9.95. The Hall–Kier alpha value is -0.690. The van der Waals surface area contributed by atoms with E-state index in [2.05, 4.69) is 19.1 Å². The van der Waals surface area contributed by atoms with Crippen LogP contribution in [-0.4, -0.2) is 12.0 Å². The molecule has 2 heteroatoms. The van der Waals surface area contributed by atoms with Crippen LogP contribution in [0.15, 0.2) is 24.3 Å². The van der Waals surface area contributed by atoms with Gasteiger partial charge in [0.05, 0.1) is 6.61 Å². The predicted molar refractivity (Wildman–Crippen MR) is 63.8 cm³/mol. The quantitative estimate of drug-likeness (QED) is 0.704. The summed E-state index contributed by atoms with van der Waals surface area (Å²) in [5.74, 6) is 1.61. The molecule has 1 aromatic rings. The number of hydrogen-bond donors (Lipinski definition) is 0. The highest BCUT2D eigenvalue weighted by atomic mass is 35.5. The molecule has 0 aliphatic carbocycles. The second-order valence-corrected chi connectivity index (χ2v) is 4.75. The second kappa shape index (κ2) is 4.89. The van der Waals surface area contributed by atoms with Crippen molar-refractivity contribution >= 4 is 11.6 Å². The average Bonchev–Trinajstić information content (AvgIpc) is 2.69. The Kier molecular flexibility index (Phi) is 3.53. The van der Waals surface area contributed by atoms with Crippen molar-refractivity contribution in [2.45, 2.75) is 37.5 Å². The van der Waals surface area contributed by atoms with Crippen molar-refractivity contribution in [1.82, 2.24) is 0 Å². The normalized spacial score (nSPS) is 20.8. The zero-order valence-corrected chi connectivity index (χ0v) is 9.83. The molecule has 0 aromatic heterocycles. The van der Waals surface area contributed by atoms with Gasteiger partial charge in [-0.2, -0.15) is 0 Å². The second-order valence-electron chi connectivity index (χ2n) is 4.13. The van der Waals surface area contributed by atoms with Gasteiger partial charge in [0.2, 0.25) is 0 Å². The third-order valence-corrected chi connectivity index (χ3v) is 3.60. The van der Waals surface area contributed by atoms with E-state index in [9.17, 15) is 0 Å². The predicted octanol–water partition coefficient (Wildman–Crippen LogP) is 3.96. The topological polar surface area (TPSA) is 9.23 Å². The zero-order chi connectivity index (χ0) is 10.7. The summed E-state index contributed by atoms with van der Waals surface area (Å²) >= 11 is 6.13. The molecular formula is C13H17ClO. The number of halogens is 1. The summed E-state index contributed by atoms with van der Waals surface area (Å²) in [5, 5.41) is 0.317. The van der Waals surface area contributed by atoms with Gasteiger partial charge in [-0.05, 0) is 25.3 Å². The summed E-state index contributed by atoms with van der Waals surface area (Å²) in [5.41, 5.74) is 1.36. The third kappa shape index (κ3) is 2.46. The number of alkyl halides is 1. The van der Waals surface area contributed by atoms with Crippen LogP contribution in [0.4, 0.5) is 0 Å². The minimum atomic E-state index is 0.317. The molecule has 2 rings (SSSR count). The third-order valence-electron chi connectivity index (χ3n) is 3.07. The highest BCUT2D eigenvalue weighted by Crippen LogP contribution is 2.36. The fourth-order valence-corrected chi connectivity index (χ4v) is 2.18. The van der Waals surface area contributed by atoms with E-state index < -0.39 is 0 Å². The number of ether oxygens (including phenoxy) is 1. The van der Waals surface area contributed by atoms with Crippen molar-refractivity contribution in [3.8, 4) is 5.75 Å². The molecule has 0 spiro atoms. The van der Waals surface area contributed by atoms with Gasteiger partial charge in [0.1, 0.15) is 5.75 Å². The molecule has 0 saturated heterocycles. The van der Waals surface area contributed by atoms with Gasteiger partial charge in [-0.25, -0.2) is 0 Å². The van der Waals surface area contributed by atoms with Gasteiger partial charge >= 0.3 is 0 Å². The highest BCUT2D eigenvalue weighted by molar-refractivity contribution is 6.20. The van der Waals surface area contributed by atoms with Crippen LogP contribution >= 0.6 is 11.6 Å². The Morgan fingerprint density at radius 1 is 1.47 bits per heavy atom. The molecular weight excluding hydrogens is 208 g/mol. The Morgan fingerprint density at radius 2 is 2.27 bits per heavy atom. The van der Waals surface area contributed by atoms with Gasteiger partial charge in [0.25, 0.3) is 0 Å². The summed E-state index contributed by atoms with van der Waals surface area (Å²) < 4.78 is 5.63. The van der Waals surface area contributed by atoms with Crippen LogP contribution in [0.5, 0.6) is 5.75 Å². The van der Waals surface area contributed by atoms with E-state index in [-0.39, 0.29) is 0 Å². The number of para-hydroxylation sites is 1. The first kappa shape index (κ1) is 10.8. The lowest BCUT2D eigenvalue weighted by molar-refractivity contribution is 0.322. The zero-order valence-electron chi connectivity index (χ0n) is 9.08. The first-order valence-corrected chi connectivity index (χ1v) is 6.10. The fourth-order valence-electron chi connectivity index (χ4n) is 2.05. The van der Waals surface area contributed by atoms with E-state index in [4.69, 9.17) is 16.3 Å². The summed E-state index contributed by atoms with van der Waals surface area (Å²) in [6, 6.07) is 8.33. The molecule has 0 saturated carbocycles. The average molecular weight is 225 g/mol. The summed E-state index contributed by atoms with van der Waals surface area (Å²) in [6.45, 7) is 2.96. The molecule has 0 N–H and O–H groups in total. The van der Waals surface area contributed by atoms with Crippen molar-refractivity contribution in [3.05, 3.63) is 29.8 Å². The van der Waals surface area contributed by atoms with Crippen LogP contribution in [-0.2, 0) is 0 Å². The summed E-state index contributed by atoms with van der Waals surface area (Å²) in [4.78, 5) is 0. The van der Waals surface area contributed by atoms with Crippen molar-refractivity contribution < 1.29 is 4.74 Å². The first-order valence-electron chi connectivity index (χ1n) is 5.67. The monoisotopic (exact) mass is 224 g/mol. The summed E-state index contributed by atoms with van der Waals surface area (Å²) in [7, 11) is 0. The molecule has 1 aromatic carbocycles. The van der Waals surface area contributed by atoms with E-state index in [1.165, 1.54) is 5.56 Å². The van der Waals surface area contributed by atoms with Crippen LogP contribution < -0.4 is 4.74 Å².